The molecule has 0 heterocycles. The van der Waals surface area contributed by atoms with E-state index in [4.69, 9.17) is 0 Å². The molecule has 15 heavy (non-hydrogen) atoms. The van der Waals surface area contributed by atoms with Gasteiger partial charge < -0.3 is 0 Å². The van der Waals surface area contributed by atoms with E-state index in [-0.39, 0.29) is 0 Å². The van der Waals surface area contributed by atoms with Gasteiger partial charge in [-0.3, -0.25) is 0 Å². The van der Waals surface area contributed by atoms with Crippen molar-refractivity contribution in [3.05, 3.63) is 23.3 Å². The summed E-state index contributed by atoms with van der Waals surface area (Å²) in [7, 11) is 0. The maximum Gasteiger partial charge on any atom is -0.0228 e. The van der Waals surface area contributed by atoms with Crippen molar-refractivity contribution in [3.8, 4) is 0 Å². The summed E-state index contributed by atoms with van der Waals surface area (Å²) in [6, 6.07) is 0. The minimum Gasteiger partial charge on any atom is -0.0730 e. The molecule has 1 rings (SSSR count). The van der Waals surface area contributed by atoms with Gasteiger partial charge in [0.1, 0.15) is 0 Å². The van der Waals surface area contributed by atoms with Crippen LogP contribution in [0, 0.1) is 11.8 Å². The van der Waals surface area contributed by atoms with Crippen LogP contribution >= 0.6 is 0 Å². The number of hydrogen-bond donors (Lipinski definition) is 0. The second kappa shape index (κ2) is 6.15. The zero-order valence-electron chi connectivity index (χ0n) is 10.8. The SMILES string of the molecule is CC[C@@H](C)CC[C@H](C)C1=CC=C(C)CC1. The molecule has 0 aliphatic heterocycles. The molecule has 0 spiro atoms. The largest absolute Gasteiger partial charge is 0.0730 e. The lowest BCUT2D eigenvalue weighted by Gasteiger charge is -2.20. The van der Waals surface area contributed by atoms with Gasteiger partial charge in [0.25, 0.3) is 0 Å². The Bertz CT molecular complexity index is 245. The number of allylic oxidation sites excluding steroid dienone is 4. The van der Waals surface area contributed by atoms with Gasteiger partial charge in [-0.2, -0.15) is 0 Å². The molecule has 0 N–H and O–H groups in total. The third-order valence-electron chi connectivity index (χ3n) is 3.81. The van der Waals surface area contributed by atoms with Gasteiger partial charge in [-0.05, 0) is 38.0 Å². The molecule has 0 aromatic carbocycles. The van der Waals surface area contributed by atoms with Crippen LogP contribution in [0.2, 0.25) is 0 Å². The summed E-state index contributed by atoms with van der Waals surface area (Å²) in [5.74, 6) is 1.69. The fourth-order valence-corrected chi connectivity index (χ4v) is 2.09. The van der Waals surface area contributed by atoms with Crippen LogP contribution in [-0.4, -0.2) is 0 Å². The Balaban J connectivity index is 2.37. The van der Waals surface area contributed by atoms with Gasteiger partial charge in [0, 0.05) is 0 Å². The lowest BCUT2D eigenvalue weighted by Crippen LogP contribution is -2.05. The van der Waals surface area contributed by atoms with Gasteiger partial charge in [0.15, 0.2) is 0 Å². The van der Waals surface area contributed by atoms with Gasteiger partial charge in [-0.1, -0.05) is 56.9 Å². The average Bonchev–Trinajstić information content (AvgIpc) is 2.26. The van der Waals surface area contributed by atoms with Gasteiger partial charge in [-0.25, -0.2) is 0 Å². The zero-order chi connectivity index (χ0) is 11.3. The summed E-state index contributed by atoms with van der Waals surface area (Å²) >= 11 is 0. The fraction of sp³-hybridized carbons (Fsp3) is 0.733. The minimum absolute atomic E-state index is 0.795. The zero-order valence-corrected chi connectivity index (χ0v) is 10.8. The van der Waals surface area contributed by atoms with Crippen LogP contribution in [0.1, 0.15) is 59.8 Å². The molecule has 0 heteroatoms. The lowest BCUT2D eigenvalue weighted by atomic mass is 9.86. The highest BCUT2D eigenvalue weighted by Crippen LogP contribution is 2.28. The van der Waals surface area contributed by atoms with Gasteiger partial charge in [0.2, 0.25) is 0 Å². The summed E-state index contributed by atoms with van der Waals surface area (Å²) in [5.41, 5.74) is 3.21. The van der Waals surface area contributed by atoms with Crippen molar-refractivity contribution in [1.82, 2.24) is 0 Å². The summed E-state index contributed by atoms with van der Waals surface area (Å²) in [5, 5.41) is 0. The summed E-state index contributed by atoms with van der Waals surface area (Å²) in [6.45, 7) is 9.28. The molecule has 0 amide bonds. The molecule has 1 aliphatic carbocycles. The molecule has 0 nitrogen and oxygen atoms in total. The van der Waals surface area contributed by atoms with Crippen LogP contribution < -0.4 is 0 Å². The van der Waals surface area contributed by atoms with Crippen LogP contribution in [0.5, 0.6) is 0 Å². The first kappa shape index (κ1) is 12.5. The highest BCUT2D eigenvalue weighted by atomic mass is 14.2. The van der Waals surface area contributed by atoms with Crippen molar-refractivity contribution in [2.75, 3.05) is 0 Å². The van der Waals surface area contributed by atoms with E-state index in [1.54, 1.807) is 5.57 Å². The molecule has 1 aliphatic rings. The molecule has 2 atom stereocenters. The maximum atomic E-state index is 2.39. The van der Waals surface area contributed by atoms with Crippen molar-refractivity contribution < 1.29 is 0 Å². The van der Waals surface area contributed by atoms with Crippen molar-refractivity contribution in [2.24, 2.45) is 11.8 Å². The molecule has 0 saturated heterocycles. The van der Waals surface area contributed by atoms with Crippen molar-refractivity contribution in [3.63, 3.8) is 0 Å². The highest BCUT2D eigenvalue weighted by Gasteiger charge is 2.12. The van der Waals surface area contributed by atoms with E-state index in [0.29, 0.717) is 0 Å². The van der Waals surface area contributed by atoms with Crippen molar-refractivity contribution in [1.29, 1.82) is 0 Å². The first-order chi connectivity index (χ1) is 7.13. The molecule has 0 saturated carbocycles. The molecule has 0 radical (unpaired) electrons. The van der Waals surface area contributed by atoms with E-state index in [1.165, 1.54) is 37.7 Å². The molecule has 86 valence electrons. The highest BCUT2D eigenvalue weighted by molar-refractivity contribution is 5.24. The van der Waals surface area contributed by atoms with Crippen LogP contribution in [0.4, 0.5) is 0 Å². The van der Waals surface area contributed by atoms with E-state index in [9.17, 15) is 0 Å². The lowest BCUT2D eigenvalue weighted by molar-refractivity contribution is 0.445. The van der Waals surface area contributed by atoms with E-state index >= 15 is 0 Å². The van der Waals surface area contributed by atoms with Crippen molar-refractivity contribution in [2.45, 2.75) is 59.8 Å². The van der Waals surface area contributed by atoms with Gasteiger partial charge in [-0.15, -0.1) is 0 Å². The van der Waals surface area contributed by atoms with Crippen LogP contribution in [0.3, 0.4) is 0 Å². The standard InChI is InChI=1S/C15H26/c1-5-12(2)6-9-14(4)15-10-7-13(3)8-11-15/h7,10,12,14H,5-6,8-9,11H2,1-4H3/t12-,14+/m1/s1. The van der Waals surface area contributed by atoms with E-state index < -0.39 is 0 Å². The Morgan fingerprint density at radius 1 is 1.13 bits per heavy atom. The first-order valence-corrected chi connectivity index (χ1v) is 6.49. The Morgan fingerprint density at radius 2 is 1.87 bits per heavy atom. The van der Waals surface area contributed by atoms with E-state index in [0.717, 1.165) is 11.8 Å². The molecule has 0 unspecified atom stereocenters. The van der Waals surface area contributed by atoms with E-state index in [2.05, 4.69) is 39.8 Å². The Kier molecular flexibility index (Phi) is 5.14. The molecule has 0 aromatic heterocycles. The quantitative estimate of drug-likeness (QED) is 0.586. The first-order valence-electron chi connectivity index (χ1n) is 6.49. The molecule has 0 bridgehead atoms. The second-order valence-corrected chi connectivity index (χ2v) is 5.25. The molecular formula is C15H26. The smallest absolute Gasteiger partial charge is 0.0228 e. The fourth-order valence-electron chi connectivity index (χ4n) is 2.09. The maximum absolute atomic E-state index is 2.39. The molecule has 0 fully saturated rings. The monoisotopic (exact) mass is 206 g/mol. The van der Waals surface area contributed by atoms with Crippen LogP contribution in [-0.2, 0) is 0 Å². The summed E-state index contributed by atoms with van der Waals surface area (Å²) < 4.78 is 0. The topological polar surface area (TPSA) is 0 Å². The molecular weight excluding hydrogens is 180 g/mol. The summed E-state index contributed by atoms with van der Waals surface area (Å²) in [4.78, 5) is 0. The Morgan fingerprint density at radius 3 is 2.40 bits per heavy atom. The predicted molar refractivity (Wildman–Crippen MR) is 68.9 cm³/mol. The second-order valence-electron chi connectivity index (χ2n) is 5.25. The third kappa shape index (κ3) is 4.24. The van der Waals surface area contributed by atoms with Crippen LogP contribution in [0.25, 0.3) is 0 Å². The predicted octanol–water partition coefficient (Wildman–Crippen LogP) is 5.12. The van der Waals surface area contributed by atoms with Crippen LogP contribution in [0.15, 0.2) is 23.3 Å². The van der Waals surface area contributed by atoms with Gasteiger partial charge >= 0.3 is 0 Å². The Hall–Kier alpha value is -0.520. The van der Waals surface area contributed by atoms with E-state index in [1.807, 2.05) is 0 Å². The third-order valence-corrected chi connectivity index (χ3v) is 3.81. The van der Waals surface area contributed by atoms with Crippen molar-refractivity contribution >= 4 is 0 Å². The summed E-state index contributed by atoms with van der Waals surface area (Å²) in [6.07, 6.45) is 11.3. The Labute approximate surface area is 95.5 Å². The average molecular weight is 206 g/mol. The molecule has 0 aromatic rings. The normalized spacial score (nSPS) is 20.5. The number of hydrogen-bond acceptors (Lipinski definition) is 0. The minimum atomic E-state index is 0.795. The van der Waals surface area contributed by atoms with Gasteiger partial charge in [0.05, 0.1) is 0 Å². The number of rotatable bonds is 5.